The Morgan fingerprint density at radius 3 is 1.72 bits per heavy atom. The summed E-state index contributed by atoms with van der Waals surface area (Å²) in [4.78, 5) is 77.4. The van der Waals surface area contributed by atoms with Crippen molar-refractivity contribution in [2.45, 2.75) is 92.8 Å². The molecule has 17 heteroatoms. The molecule has 1 aromatic carbocycles. The van der Waals surface area contributed by atoms with E-state index in [0.29, 0.717) is 48.6 Å². The molecule has 0 saturated carbocycles. The smallest absolute Gasteiger partial charge is 0.326 e. The zero-order valence-electron chi connectivity index (χ0n) is 26.8. The zero-order chi connectivity index (χ0) is 35.5. The van der Waals surface area contributed by atoms with E-state index in [4.69, 9.17) is 11.5 Å². The van der Waals surface area contributed by atoms with E-state index in [9.17, 15) is 39.0 Å². The molecule has 5 amide bonds. The maximum atomic E-state index is 13.4. The Labute approximate surface area is 285 Å². The van der Waals surface area contributed by atoms with Crippen LogP contribution in [0.5, 0.6) is 0 Å². The summed E-state index contributed by atoms with van der Waals surface area (Å²) in [6.45, 7) is 3.09. The highest BCUT2D eigenvalue weighted by atomic mass is 32.1. The van der Waals surface area contributed by atoms with E-state index in [1.165, 1.54) is 12.1 Å². The van der Waals surface area contributed by atoms with Crippen molar-refractivity contribution < 1.29 is 39.0 Å². The number of carboxylic acid groups (broad SMARTS) is 1. The summed E-state index contributed by atoms with van der Waals surface area (Å²) in [6, 6.07) is -0.321. The maximum absolute atomic E-state index is 13.4. The lowest BCUT2D eigenvalue weighted by atomic mass is 10.0. The fraction of sp³-hybridized carbons (Fsp3) is 0.600. The first kappa shape index (κ1) is 41.6. The molecule has 11 N–H and O–H groups in total. The average molecular weight is 700 g/mol. The number of aliphatic hydroxyl groups is 1. The van der Waals surface area contributed by atoms with Crippen molar-refractivity contribution in [3.8, 4) is 0 Å². The van der Waals surface area contributed by atoms with Crippen molar-refractivity contribution in [1.82, 2.24) is 26.6 Å². The van der Waals surface area contributed by atoms with Crippen LogP contribution in [0.2, 0.25) is 0 Å². The van der Waals surface area contributed by atoms with Crippen molar-refractivity contribution in [2.75, 3.05) is 26.2 Å². The minimum Gasteiger partial charge on any atom is -0.480 e. The molecule has 0 unspecified atom stereocenters. The number of thiol groups is 2. The molecule has 47 heavy (non-hydrogen) atoms. The number of carbonyl (C=O) groups is 6. The third kappa shape index (κ3) is 16.3. The number of rotatable bonds is 22. The summed E-state index contributed by atoms with van der Waals surface area (Å²) < 4.78 is 0. The van der Waals surface area contributed by atoms with Crippen LogP contribution in [0.25, 0.3) is 0 Å². The fourth-order valence-electron chi connectivity index (χ4n) is 4.46. The van der Waals surface area contributed by atoms with Crippen molar-refractivity contribution in [3.63, 3.8) is 0 Å². The minimum atomic E-state index is -1.50. The highest BCUT2D eigenvalue weighted by molar-refractivity contribution is 7.81. The van der Waals surface area contributed by atoms with Crippen LogP contribution in [-0.4, -0.2) is 96.1 Å². The van der Waals surface area contributed by atoms with E-state index in [1.807, 2.05) is 13.8 Å². The lowest BCUT2D eigenvalue weighted by Crippen LogP contribution is -2.59. The second-order valence-electron chi connectivity index (χ2n) is 11.4. The number of nitrogens with two attached hydrogens (primary N) is 2. The summed E-state index contributed by atoms with van der Waals surface area (Å²) in [5.41, 5.74) is 11.3. The normalized spacial score (nSPS) is 13.5. The molecule has 0 aromatic heterocycles. The van der Waals surface area contributed by atoms with Gasteiger partial charge in [-0.3, -0.25) is 24.0 Å². The molecule has 0 heterocycles. The minimum absolute atomic E-state index is 0.0495. The van der Waals surface area contributed by atoms with Crippen LogP contribution in [-0.2, 0) is 24.0 Å². The Hall–Kier alpha value is -3.38. The molecule has 1 rings (SSSR count). The maximum Gasteiger partial charge on any atom is 0.326 e. The number of aliphatic carboxylic acids is 1. The highest BCUT2D eigenvalue weighted by Crippen LogP contribution is 2.16. The van der Waals surface area contributed by atoms with Gasteiger partial charge in [-0.15, -0.1) is 25.3 Å². The largest absolute Gasteiger partial charge is 0.480 e. The first-order valence-electron chi connectivity index (χ1n) is 15.5. The molecule has 0 fully saturated rings. The van der Waals surface area contributed by atoms with Crippen LogP contribution in [0, 0.1) is 5.92 Å². The van der Waals surface area contributed by atoms with E-state index < -0.39 is 72.8 Å². The number of carboxylic acids is 1. The number of hydrogen-bond acceptors (Lipinski definition) is 11. The number of hydrogen-bond donors (Lipinski definition) is 11. The van der Waals surface area contributed by atoms with Gasteiger partial charge >= 0.3 is 5.97 Å². The van der Waals surface area contributed by atoms with Crippen LogP contribution >= 0.6 is 25.3 Å². The third-order valence-electron chi connectivity index (χ3n) is 6.89. The van der Waals surface area contributed by atoms with Gasteiger partial charge in [0.05, 0.1) is 13.2 Å². The van der Waals surface area contributed by atoms with Crippen molar-refractivity contribution in [3.05, 3.63) is 23.8 Å². The van der Waals surface area contributed by atoms with Crippen LogP contribution in [0.1, 0.15) is 69.2 Å². The summed E-state index contributed by atoms with van der Waals surface area (Å²) in [6.07, 6.45) is 2.40. The van der Waals surface area contributed by atoms with Gasteiger partial charge in [0.2, 0.25) is 23.6 Å². The molecule has 0 bridgehead atoms. The second-order valence-corrected chi connectivity index (χ2v) is 12.5. The van der Waals surface area contributed by atoms with E-state index in [0.717, 1.165) is 0 Å². The predicted octanol–water partition coefficient (Wildman–Crippen LogP) is -0.686. The quantitative estimate of drug-likeness (QED) is 0.0537. The fourth-order valence-corrected chi connectivity index (χ4v) is 5.12. The van der Waals surface area contributed by atoms with Gasteiger partial charge in [-0.05, 0) is 82.2 Å². The number of amides is 5. The van der Waals surface area contributed by atoms with Crippen LogP contribution < -0.4 is 38.1 Å². The molecule has 15 nitrogen and oxygen atoms in total. The number of benzene rings is 1. The monoisotopic (exact) mass is 699 g/mol. The summed E-state index contributed by atoms with van der Waals surface area (Å²) in [5, 5.41) is 31.7. The van der Waals surface area contributed by atoms with Crippen LogP contribution in [0.3, 0.4) is 0 Å². The molecule has 0 spiro atoms. The second kappa shape index (κ2) is 22.2. The van der Waals surface area contributed by atoms with Gasteiger partial charge in [0, 0.05) is 15.4 Å². The van der Waals surface area contributed by atoms with Gasteiger partial charge < -0.3 is 48.3 Å². The van der Waals surface area contributed by atoms with Crippen molar-refractivity contribution in [2.24, 2.45) is 17.4 Å². The van der Waals surface area contributed by atoms with Gasteiger partial charge in [-0.2, -0.15) is 0 Å². The Bertz CT molecular complexity index is 1200. The predicted molar refractivity (Wildman–Crippen MR) is 181 cm³/mol. The van der Waals surface area contributed by atoms with Crippen LogP contribution in [0.15, 0.2) is 28.0 Å². The molecule has 0 aliphatic heterocycles. The molecular formula is C30H49N7O8S2. The Morgan fingerprint density at radius 1 is 0.723 bits per heavy atom. The summed E-state index contributed by atoms with van der Waals surface area (Å²) >= 11 is 8.44. The van der Waals surface area contributed by atoms with Gasteiger partial charge in [0.15, 0.2) is 0 Å². The number of unbranched alkanes of at least 4 members (excludes halogenated alkanes) is 2. The van der Waals surface area contributed by atoms with E-state index in [-0.39, 0.29) is 30.7 Å². The third-order valence-corrected chi connectivity index (χ3v) is 7.41. The Balaban J connectivity index is 2.98. The summed E-state index contributed by atoms with van der Waals surface area (Å²) in [7, 11) is 0. The zero-order valence-corrected chi connectivity index (χ0v) is 28.6. The van der Waals surface area contributed by atoms with Gasteiger partial charge in [-0.25, -0.2) is 4.79 Å². The molecule has 0 aliphatic carbocycles. The average Bonchev–Trinajstić information content (AvgIpc) is 3.00. The first-order chi connectivity index (χ1) is 22.2. The van der Waals surface area contributed by atoms with Gasteiger partial charge in [0.25, 0.3) is 5.91 Å². The SMILES string of the molecule is CC(C)C[C@H](NC(=O)CNC(=O)c1cc(S)cc(S)c1)C(=O)N[C@@H](CCCCN)C(=O)N[C@@H](CO)C(=O)N[C@@H](CCCCN)C(=O)O. The molecule has 264 valence electrons. The van der Waals surface area contributed by atoms with E-state index >= 15 is 0 Å². The standard InChI is InChI=1S/C30H49N7O8S2/c1-17(2)11-23(34-25(39)15-33-26(40)18-12-19(46)14-20(47)13-18)28(42)35-21(7-3-5-9-31)27(41)37-24(16-38)29(43)36-22(30(44)45)8-4-6-10-32/h12-14,17,21-24,38,46-47H,3-11,15-16,31-32H2,1-2H3,(H,33,40)(H,34,39)(H,35,42)(H,36,43)(H,37,41)(H,44,45)/t21-,22-,23-,24-/m0/s1. The molecule has 1 aromatic rings. The number of aliphatic hydroxyl groups excluding tert-OH is 1. The van der Waals surface area contributed by atoms with Gasteiger partial charge in [0.1, 0.15) is 24.2 Å². The van der Waals surface area contributed by atoms with Crippen molar-refractivity contribution >= 4 is 60.8 Å². The molecular weight excluding hydrogens is 651 g/mol. The highest BCUT2D eigenvalue weighted by Gasteiger charge is 2.31. The lowest BCUT2D eigenvalue weighted by molar-refractivity contribution is -0.142. The molecule has 4 atom stereocenters. The van der Waals surface area contributed by atoms with Crippen LogP contribution in [0.4, 0.5) is 0 Å². The number of carbonyl (C=O) groups excluding carboxylic acids is 5. The molecule has 0 saturated heterocycles. The molecule has 0 radical (unpaired) electrons. The Morgan fingerprint density at radius 2 is 1.21 bits per heavy atom. The molecule has 0 aliphatic rings. The van der Waals surface area contributed by atoms with E-state index in [1.54, 1.807) is 6.07 Å². The topological polar surface area (TPSA) is 255 Å². The number of nitrogens with one attached hydrogen (secondary N) is 5. The Kier molecular flexibility index (Phi) is 19.7. The van der Waals surface area contributed by atoms with Gasteiger partial charge in [-0.1, -0.05) is 13.8 Å². The first-order valence-corrected chi connectivity index (χ1v) is 16.4. The lowest BCUT2D eigenvalue weighted by Gasteiger charge is -2.26. The summed E-state index contributed by atoms with van der Waals surface area (Å²) in [5.74, 6) is -4.89. The van der Waals surface area contributed by atoms with E-state index in [2.05, 4.69) is 51.8 Å². The van der Waals surface area contributed by atoms with Crippen molar-refractivity contribution in [1.29, 1.82) is 0 Å².